The average Bonchev–Trinajstić information content (AvgIpc) is 2.49. The highest BCUT2D eigenvalue weighted by Gasteiger charge is 2.10. The van der Waals surface area contributed by atoms with E-state index in [-0.39, 0.29) is 0 Å². The Hall–Kier alpha value is -2.46. The van der Waals surface area contributed by atoms with Crippen LogP contribution in [0.5, 0.6) is 0 Å². The zero-order chi connectivity index (χ0) is 14.4. The summed E-state index contributed by atoms with van der Waals surface area (Å²) < 4.78 is 0. The van der Waals surface area contributed by atoms with Crippen molar-refractivity contribution < 1.29 is 4.79 Å². The van der Waals surface area contributed by atoms with Crippen molar-refractivity contribution in [1.29, 1.82) is 0 Å². The van der Waals surface area contributed by atoms with E-state index in [0.717, 1.165) is 28.0 Å². The van der Waals surface area contributed by atoms with Crippen molar-refractivity contribution in [3.8, 4) is 0 Å². The number of rotatable bonds is 5. The zero-order valence-corrected chi connectivity index (χ0v) is 11.3. The molecule has 0 aliphatic carbocycles. The van der Waals surface area contributed by atoms with Gasteiger partial charge < -0.3 is 5.73 Å². The van der Waals surface area contributed by atoms with Crippen LogP contribution in [0.4, 0.5) is 0 Å². The fraction of sp³-hybridized carbons (Fsp3) is 0.125. The van der Waals surface area contributed by atoms with E-state index >= 15 is 0 Å². The van der Waals surface area contributed by atoms with Crippen LogP contribution in [0.15, 0.2) is 53.6 Å². The van der Waals surface area contributed by atoms with E-state index in [0.29, 0.717) is 13.0 Å². The molecule has 0 aliphatic heterocycles. The third-order valence-corrected chi connectivity index (χ3v) is 3.07. The van der Waals surface area contributed by atoms with Gasteiger partial charge in [-0.3, -0.25) is 4.79 Å². The van der Waals surface area contributed by atoms with Crippen LogP contribution in [0.2, 0.25) is 0 Å². The lowest BCUT2D eigenvalue weighted by molar-refractivity contribution is -0.109. The summed E-state index contributed by atoms with van der Waals surface area (Å²) in [5.41, 5.74) is 12.8. The van der Waals surface area contributed by atoms with Crippen molar-refractivity contribution >= 4 is 12.1 Å². The molecule has 0 fully saturated rings. The van der Waals surface area contributed by atoms with E-state index in [4.69, 9.17) is 5.73 Å². The molecule has 4 nitrogen and oxygen atoms in total. The molecule has 0 saturated carbocycles. The normalized spacial score (nSPS) is 11.2. The lowest BCUT2D eigenvalue weighted by Gasteiger charge is -2.10. The smallest absolute Gasteiger partial charge is 0.227 e. The Morgan fingerprint density at radius 3 is 2.75 bits per heavy atom. The molecule has 0 saturated heterocycles. The highest BCUT2D eigenvalue weighted by Crippen LogP contribution is 2.16. The van der Waals surface area contributed by atoms with Gasteiger partial charge in [0.2, 0.25) is 6.41 Å². The van der Waals surface area contributed by atoms with Gasteiger partial charge in [0.05, 0.1) is 5.71 Å². The van der Waals surface area contributed by atoms with E-state index in [1.807, 2.05) is 55.5 Å². The summed E-state index contributed by atoms with van der Waals surface area (Å²) in [6.07, 6.45) is 0.561. The lowest BCUT2D eigenvalue weighted by Crippen LogP contribution is -2.13. The molecular formula is C16H17N3O. The Labute approximate surface area is 118 Å². The summed E-state index contributed by atoms with van der Waals surface area (Å²) in [5.74, 6) is 0. The SMILES string of the molecule is Cc1ccccc1/C(=N\NC=O)c1cccc(CN)c1. The molecule has 1 amide bonds. The summed E-state index contributed by atoms with van der Waals surface area (Å²) in [7, 11) is 0. The fourth-order valence-electron chi connectivity index (χ4n) is 2.06. The van der Waals surface area contributed by atoms with Crippen molar-refractivity contribution in [2.75, 3.05) is 0 Å². The number of nitrogens with one attached hydrogen (secondary N) is 1. The molecule has 0 heterocycles. The molecule has 102 valence electrons. The van der Waals surface area contributed by atoms with Gasteiger partial charge in [0.25, 0.3) is 0 Å². The van der Waals surface area contributed by atoms with Crippen molar-refractivity contribution in [3.63, 3.8) is 0 Å². The van der Waals surface area contributed by atoms with Crippen molar-refractivity contribution in [3.05, 3.63) is 70.8 Å². The van der Waals surface area contributed by atoms with Crippen LogP contribution >= 0.6 is 0 Å². The molecule has 4 heteroatoms. The summed E-state index contributed by atoms with van der Waals surface area (Å²) in [6.45, 7) is 2.48. The first-order valence-corrected chi connectivity index (χ1v) is 6.38. The Kier molecular flexibility index (Phi) is 4.63. The summed E-state index contributed by atoms with van der Waals surface area (Å²) >= 11 is 0. The van der Waals surface area contributed by atoms with Crippen LogP contribution < -0.4 is 11.2 Å². The number of hydrogen-bond donors (Lipinski definition) is 2. The molecule has 0 bridgehead atoms. The Bertz CT molecular complexity index is 635. The standard InChI is InChI=1S/C16H17N3O/c1-12-5-2-3-8-15(12)16(19-18-11-20)14-7-4-6-13(9-14)10-17/h2-9,11H,10,17H2,1H3,(H,18,20)/b19-16-. The minimum absolute atomic E-state index is 0.468. The number of nitrogens with two attached hydrogens (primary N) is 1. The molecule has 0 unspecified atom stereocenters. The van der Waals surface area contributed by atoms with E-state index in [1.165, 1.54) is 0 Å². The van der Waals surface area contributed by atoms with Crippen molar-refractivity contribution in [1.82, 2.24) is 5.43 Å². The topological polar surface area (TPSA) is 67.5 Å². The number of benzene rings is 2. The minimum Gasteiger partial charge on any atom is -0.326 e. The molecule has 0 spiro atoms. The maximum atomic E-state index is 10.5. The second-order valence-corrected chi connectivity index (χ2v) is 4.43. The highest BCUT2D eigenvalue weighted by atomic mass is 16.1. The second-order valence-electron chi connectivity index (χ2n) is 4.43. The summed E-state index contributed by atoms with van der Waals surface area (Å²) in [6, 6.07) is 15.8. The molecule has 2 aromatic rings. The zero-order valence-electron chi connectivity index (χ0n) is 11.3. The van der Waals surface area contributed by atoms with Crippen LogP contribution in [0, 0.1) is 6.92 Å². The predicted octanol–water partition coefficient (Wildman–Crippen LogP) is 1.95. The predicted molar refractivity (Wildman–Crippen MR) is 80.4 cm³/mol. The van der Waals surface area contributed by atoms with Gasteiger partial charge in [0.1, 0.15) is 0 Å². The van der Waals surface area contributed by atoms with Gasteiger partial charge in [-0.2, -0.15) is 5.10 Å². The second kappa shape index (κ2) is 6.63. The Balaban J connectivity index is 2.53. The lowest BCUT2D eigenvalue weighted by atomic mass is 9.97. The van der Waals surface area contributed by atoms with Gasteiger partial charge >= 0.3 is 0 Å². The van der Waals surface area contributed by atoms with Crippen LogP contribution in [0.3, 0.4) is 0 Å². The first-order chi connectivity index (χ1) is 9.76. The first kappa shape index (κ1) is 14.0. The maximum absolute atomic E-state index is 10.5. The maximum Gasteiger partial charge on any atom is 0.227 e. The molecule has 3 N–H and O–H groups in total. The molecule has 20 heavy (non-hydrogen) atoms. The first-order valence-electron chi connectivity index (χ1n) is 6.38. The van der Waals surface area contributed by atoms with Crippen LogP contribution in [0.1, 0.15) is 22.3 Å². The quantitative estimate of drug-likeness (QED) is 0.494. The molecule has 0 aromatic heterocycles. The molecule has 0 aliphatic rings. The van der Waals surface area contributed by atoms with Crippen LogP contribution in [0.25, 0.3) is 0 Å². The van der Waals surface area contributed by atoms with Crippen LogP contribution in [-0.2, 0) is 11.3 Å². The van der Waals surface area contributed by atoms with E-state index in [1.54, 1.807) is 0 Å². The Morgan fingerprint density at radius 1 is 1.25 bits per heavy atom. The number of carbonyl (C=O) groups is 1. The van der Waals surface area contributed by atoms with Crippen molar-refractivity contribution in [2.24, 2.45) is 10.8 Å². The van der Waals surface area contributed by atoms with Gasteiger partial charge in [-0.25, -0.2) is 5.43 Å². The van der Waals surface area contributed by atoms with E-state index in [2.05, 4.69) is 10.5 Å². The van der Waals surface area contributed by atoms with Gasteiger partial charge in [-0.05, 0) is 24.1 Å². The summed E-state index contributed by atoms with van der Waals surface area (Å²) in [4.78, 5) is 10.5. The molecule has 0 atom stereocenters. The van der Waals surface area contributed by atoms with Gasteiger partial charge in [-0.1, -0.05) is 42.5 Å². The number of hydrazone groups is 1. The third kappa shape index (κ3) is 3.10. The number of aryl methyl sites for hydroxylation is 1. The fourth-order valence-corrected chi connectivity index (χ4v) is 2.06. The molecule has 0 radical (unpaired) electrons. The van der Waals surface area contributed by atoms with E-state index < -0.39 is 0 Å². The van der Waals surface area contributed by atoms with E-state index in [9.17, 15) is 4.79 Å². The van der Waals surface area contributed by atoms with Crippen LogP contribution in [-0.4, -0.2) is 12.1 Å². The molecular weight excluding hydrogens is 250 g/mol. The van der Waals surface area contributed by atoms with Gasteiger partial charge in [0, 0.05) is 17.7 Å². The highest BCUT2D eigenvalue weighted by molar-refractivity contribution is 6.13. The summed E-state index contributed by atoms with van der Waals surface area (Å²) in [5, 5.41) is 4.18. The molecule has 2 aromatic carbocycles. The third-order valence-electron chi connectivity index (χ3n) is 3.07. The minimum atomic E-state index is 0.468. The van der Waals surface area contributed by atoms with Gasteiger partial charge in [-0.15, -0.1) is 0 Å². The number of hydrogen-bond acceptors (Lipinski definition) is 3. The van der Waals surface area contributed by atoms with Crippen molar-refractivity contribution in [2.45, 2.75) is 13.5 Å². The average molecular weight is 267 g/mol. The molecule has 2 rings (SSSR count). The number of amides is 1. The largest absolute Gasteiger partial charge is 0.326 e. The van der Waals surface area contributed by atoms with Gasteiger partial charge in [0.15, 0.2) is 0 Å². The Morgan fingerprint density at radius 2 is 2.05 bits per heavy atom. The number of nitrogens with zero attached hydrogens (tertiary/aromatic N) is 1. The number of carbonyl (C=O) groups excluding carboxylic acids is 1. The monoisotopic (exact) mass is 267 g/mol.